The van der Waals surface area contributed by atoms with Gasteiger partial charge in [0.1, 0.15) is 0 Å². The van der Waals surface area contributed by atoms with E-state index in [1.807, 2.05) is 43.3 Å². The van der Waals surface area contributed by atoms with Gasteiger partial charge in [0, 0.05) is 26.1 Å². The van der Waals surface area contributed by atoms with Gasteiger partial charge in [0.25, 0.3) is 5.78 Å². The molecular weight excluding hydrogens is 375 g/mol. The number of benzene rings is 2. The SMILES string of the molecule is COP(=O)(OC)C(=[N+]=[N-])C(=O)C1(C)CC2c3ccccc3C1c1ccccc12. The predicted molar refractivity (Wildman–Crippen MR) is 105 cm³/mol. The van der Waals surface area contributed by atoms with Gasteiger partial charge in [-0.15, -0.1) is 0 Å². The lowest BCUT2D eigenvalue weighted by atomic mass is 9.51. The summed E-state index contributed by atoms with van der Waals surface area (Å²) in [6.45, 7) is 1.85. The molecule has 144 valence electrons. The molecule has 0 aliphatic heterocycles. The number of ketones is 1. The molecule has 2 aromatic carbocycles. The van der Waals surface area contributed by atoms with Crippen LogP contribution in [0, 0.1) is 5.41 Å². The third-order valence-electron chi connectivity index (χ3n) is 6.19. The smallest absolute Gasteiger partial charge is 0.360 e. The van der Waals surface area contributed by atoms with Crippen LogP contribution in [0.3, 0.4) is 0 Å². The Morgan fingerprint density at radius 1 is 1.04 bits per heavy atom. The van der Waals surface area contributed by atoms with E-state index in [4.69, 9.17) is 9.05 Å². The highest BCUT2D eigenvalue weighted by molar-refractivity contribution is 7.74. The van der Waals surface area contributed by atoms with Crippen LogP contribution in [0.5, 0.6) is 0 Å². The van der Waals surface area contributed by atoms with Crippen molar-refractivity contribution in [2.45, 2.75) is 25.2 Å². The Morgan fingerprint density at radius 3 is 1.93 bits per heavy atom. The van der Waals surface area contributed by atoms with Crippen LogP contribution in [-0.2, 0) is 18.4 Å². The van der Waals surface area contributed by atoms with Gasteiger partial charge in [0.05, 0.1) is 5.41 Å². The molecule has 0 saturated carbocycles. The maximum Gasteiger partial charge on any atom is 0.446 e. The summed E-state index contributed by atoms with van der Waals surface area (Å²) in [7, 11) is -1.66. The van der Waals surface area contributed by atoms with E-state index in [0.29, 0.717) is 6.42 Å². The summed E-state index contributed by atoms with van der Waals surface area (Å²) in [4.78, 5) is 16.7. The zero-order valence-electron chi connectivity index (χ0n) is 16.0. The summed E-state index contributed by atoms with van der Waals surface area (Å²) in [6, 6.07) is 16.2. The Hall–Kier alpha value is -2.36. The molecule has 28 heavy (non-hydrogen) atoms. The summed E-state index contributed by atoms with van der Waals surface area (Å²) in [6.07, 6.45) is 0.525. The fourth-order valence-corrected chi connectivity index (χ4v) is 6.03. The van der Waals surface area contributed by atoms with Crippen LogP contribution in [0.1, 0.15) is 47.4 Å². The van der Waals surface area contributed by atoms with Crippen molar-refractivity contribution >= 4 is 18.8 Å². The lowest BCUT2D eigenvalue weighted by Gasteiger charge is -2.50. The second-order valence-electron chi connectivity index (χ2n) is 7.48. The van der Waals surface area contributed by atoms with E-state index >= 15 is 0 Å². The molecule has 5 rings (SSSR count). The first-order chi connectivity index (χ1) is 13.4. The summed E-state index contributed by atoms with van der Waals surface area (Å²) < 4.78 is 22.7. The second-order valence-corrected chi connectivity index (χ2v) is 9.63. The molecule has 3 aliphatic rings. The fourth-order valence-electron chi connectivity index (χ4n) is 4.92. The minimum atomic E-state index is -4.00. The van der Waals surface area contributed by atoms with E-state index in [0.717, 1.165) is 11.1 Å². The van der Waals surface area contributed by atoms with E-state index in [-0.39, 0.29) is 11.8 Å². The Balaban J connectivity index is 1.92. The molecule has 3 aliphatic carbocycles. The molecule has 1 unspecified atom stereocenters. The fraction of sp³-hybridized carbons (Fsp3) is 0.333. The van der Waals surface area contributed by atoms with Gasteiger partial charge in [-0.2, -0.15) is 4.79 Å². The largest absolute Gasteiger partial charge is 0.446 e. The van der Waals surface area contributed by atoms with Crippen LogP contribution < -0.4 is 0 Å². The summed E-state index contributed by atoms with van der Waals surface area (Å²) in [5, 5.41) is 0. The van der Waals surface area contributed by atoms with Crippen LogP contribution >= 0.6 is 7.60 Å². The average molecular weight is 396 g/mol. The van der Waals surface area contributed by atoms with E-state index in [9.17, 15) is 14.9 Å². The van der Waals surface area contributed by atoms with Gasteiger partial charge >= 0.3 is 13.0 Å². The van der Waals surface area contributed by atoms with Gasteiger partial charge in [-0.1, -0.05) is 55.5 Å². The van der Waals surface area contributed by atoms with Crippen molar-refractivity contribution in [1.29, 1.82) is 0 Å². The monoisotopic (exact) mass is 396 g/mol. The van der Waals surface area contributed by atoms with Crippen molar-refractivity contribution in [2.24, 2.45) is 5.41 Å². The first kappa shape index (κ1) is 19.0. The van der Waals surface area contributed by atoms with Crippen LogP contribution in [0.2, 0.25) is 0 Å². The number of hydrogen-bond acceptors (Lipinski definition) is 4. The molecule has 6 nitrogen and oxygen atoms in total. The lowest BCUT2D eigenvalue weighted by molar-refractivity contribution is -0.127. The number of nitrogens with zero attached hydrogens (tertiary/aromatic N) is 2. The summed E-state index contributed by atoms with van der Waals surface area (Å²) >= 11 is 0. The normalized spacial score (nSPS) is 24.8. The quantitative estimate of drug-likeness (QED) is 0.325. The molecule has 1 atom stereocenters. The van der Waals surface area contributed by atoms with E-state index in [1.54, 1.807) is 0 Å². The van der Waals surface area contributed by atoms with Crippen LogP contribution in [0.4, 0.5) is 0 Å². The Kier molecular flexibility index (Phi) is 4.48. The molecule has 0 fully saturated rings. The third kappa shape index (κ3) is 2.43. The zero-order valence-corrected chi connectivity index (χ0v) is 16.8. The molecule has 0 aromatic heterocycles. The third-order valence-corrected chi connectivity index (χ3v) is 7.96. The van der Waals surface area contributed by atoms with Crippen LogP contribution in [0.15, 0.2) is 48.5 Å². The first-order valence-corrected chi connectivity index (χ1v) is 10.6. The van der Waals surface area contributed by atoms with Gasteiger partial charge < -0.3 is 14.6 Å². The number of fused-ring (bicyclic) bond motifs is 1. The highest BCUT2D eigenvalue weighted by Crippen LogP contribution is 2.62. The Labute approximate surface area is 163 Å². The highest BCUT2D eigenvalue weighted by atomic mass is 31.2. The molecule has 0 spiro atoms. The van der Waals surface area contributed by atoms with Crippen molar-refractivity contribution < 1.29 is 23.2 Å². The molecule has 2 bridgehead atoms. The van der Waals surface area contributed by atoms with Crippen molar-refractivity contribution in [1.82, 2.24) is 0 Å². The van der Waals surface area contributed by atoms with E-state index < -0.39 is 24.2 Å². The Morgan fingerprint density at radius 2 is 1.50 bits per heavy atom. The summed E-state index contributed by atoms with van der Waals surface area (Å²) in [5.74, 6) is -0.715. The Bertz CT molecular complexity index is 1020. The first-order valence-electron chi connectivity index (χ1n) is 9.08. The maximum absolute atomic E-state index is 13.6. The molecule has 0 saturated heterocycles. The van der Waals surface area contributed by atoms with Gasteiger partial charge in [-0.05, 0) is 28.7 Å². The van der Waals surface area contributed by atoms with Gasteiger partial charge in [0.2, 0.25) is 0 Å². The van der Waals surface area contributed by atoms with Crippen LogP contribution in [0.25, 0.3) is 5.53 Å². The van der Waals surface area contributed by atoms with Crippen molar-refractivity contribution in [3.05, 3.63) is 76.3 Å². The van der Waals surface area contributed by atoms with Gasteiger partial charge in [0.15, 0.2) is 0 Å². The molecule has 2 aromatic rings. The van der Waals surface area contributed by atoms with Crippen molar-refractivity contribution in [3.8, 4) is 0 Å². The number of hydrogen-bond donors (Lipinski definition) is 0. The minimum Gasteiger partial charge on any atom is -0.360 e. The summed E-state index contributed by atoms with van der Waals surface area (Å²) in [5.41, 5.74) is 12.6. The minimum absolute atomic E-state index is 0.0377. The number of Topliss-reactive ketones (excluding diaryl/α,β-unsaturated/α-hetero) is 1. The van der Waals surface area contributed by atoms with Crippen molar-refractivity contribution in [2.75, 3.05) is 14.2 Å². The molecule has 7 heteroatoms. The van der Waals surface area contributed by atoms with E-state index in [2.05, 4.69) is 16.9 Å². The standard InChI is InChI=1S/C21H21N2O4P/c1-21(19(24)20(23-22)28(25,26-2)27-3)12-17-13-8-4-6-10-15(13)18(21)16-11-7-5-9-14(16)17/h4-11,17-18H,12H2,1-3H3. The number of rotatable bonds is 5. The molecule has 0 N–H and O–H groups in total. The lowest BCUT2D eigenvalue weighted by Crippen LogP contribution is -2.47. The second kappa shape index (κ2) is 6.61. The topological polar surface area (TPSA) is 89.0 Å². The molecular formula is C21H21N2O4P. The number of carbonyl (C=O) groups excluding carboxylic acids is 1. The van der Waals surface area contributed by atoms with E-state index in [1.165, 1.54) is 25.3 Å². The molecule has 0 radical (unpaired) electrons. The van der Waals surface area contributed by atoms with Crippen molar-refractivity contribution in [3.63, 3.8) is 0 Å². The highest BCUT2D eigenvalue weighted by Gasteiger charge is 2.60. The number of carbonyl (C=O) groups is 1. The van der Waals surface area contributed by atoms with Gasteiger partial charge in [-0.3, -0.25) is 4.79 Å². The molecule has 0 amide bonds. The maximum atomic E-state index is 13.6. The predicted octanol–water partition coefficient (Wildman–Crippen LogP) is 4.36. The average Bonchev–Trinajstić information content (AvgIpc) is 2.74. The van der Waals surface area contributed by atoms with Gasteiger partial charge in [-0.25, -0.2) is 4.57 Å². The molecule has 0 heterocycles. The zero-order chi connectivity index (χ0) is 20.1. The van der Waals surface area contributed by atoms with Crippen LogP contribution in [-0.4, -0.2) is 30.2 Å².